The lowest BCUT2D eigenvalue weighted by atomic mass is 10.5. The third kappa shape index (κ3) is 3.67. The number of aromatic amines is 3. The Kier molecular flexibility index (Phi) is 6.48. The van der Waals surface area contributed by atoms with E-state index in [2.05, 4.69) is 19.9 Å². The van der Waals surface area contributed by atoms with Crippen LogP contribution in [-0.2, 0) is 0 Å². The second-order valence-electron chi connectivity index (χ2n) is 2.35. The van der Waals surface area contributed by atoms with Crippen LogP contribution in [0.25, 0.3) is 11.2 Å². The van der Waals surface area contributed by atoms with Crippen LogP contribution in [0.1, 0.15) is 6.92 Å². The molecule has 0 aliphatic carbocycles. The Balaban J connectivity index is 0.000000394. The molecular formula is C8H14N4O4. The summed E-state index contributed by atoms with van der Waals surface area (Å²) >= 11 is 0. The third-order valence-electron chi connectivity index (χ3n) is 1.33. The number of nitrogens with one attached hydrogen (secondary N) is 3. The monoisotopic (exact) mass is 230 g/mol. The summed E-state index contributed by atoms with van der Waals surface area (Å²) < 4.78 is 0. The lowest BCUT2D eigenvalue weighted by Gasteiger charge is -1.83. The minimum Gasteiger partial charge on any atom is -0.400 e. The second kappa shape index (κ2) is 7.37. The van der Waals surface area contributed by atoms with Crippen molar-refractivity contribution in [3.8, 4) is 0 Å². The van der Waals surface area contributed by atoms with Gasteiger partial charge in [0.15, 0.2) is 5.65 Å². The first-order chi connectivity index (χ1) is 7.69. The summed E-state index contributed by atoms with van der Waals surface area (Å²) in [5.74, 6) is 0. The number of fused-ring (bicyclic) bond motifs is 1. The van der Waals surface area contributed by atoms with E-state index < -0.39 is 11.2 Å². The highest BCUT2D eigenvalue weighted by atomic mass is 16.2. The molecule has 0 aliphatic heterocycles. The van der Waals surface area contributed by atoms with Crippen molar-refractivity contribution in [3.63, 3.8) is 0 Å². The van der Waals surface area contributed by atoms with Gasteiger partial charge in [-0.2, -0.15) is 0 Å². The first-order valence-corrected chi connectivity index (χ1v) is 4.40. The molecule has 0 atom stereocenters. The van der Waals surface area contributed by atoms with Crippen molar-refractivity contribution >= 4 is 11.2 Å². The average Bonchev–Trinajstić information content (AvgIpc) is 2.70. The number of aliphatic hydroxyl groups excluding tert-OH is 2. The Morgan fingerprint density at radius 3 is 2.44 bits per heavy atom. The van der Waals surface area contributed by atoms with Gasteiger partial charge in [0.05, 0.1) is 6.33 Å². The fourth-order valence-electron chi connectivity index (χ4n) is 0.867. The maximum Gasteiger partial charge on any atom is 0.327 e. The maximum absolute atomic E-state index is 10.9. The van der Waals surface area contributed by atoms with E-state index in [4.69, 9.17) is 10.2 Å². The van der Waals surface area contributed by atoms with E-state index in [1.54, 1.807) is 6.92 Å². The highest BCUT2D eigenvalue weighted by Crippen LogP contribution is 1.92. The first kappa shape index (κ1) is 14.1. The number of rotatable bonds is 0. The van der Waals surface area contributed by atoms with Crippen molar-refractivity contribution in [1.29, 1.82) is 0 Å². The van der Waals surface area contributed by atoms with Crippen LogP contribution in [-0.4, -0.2) is 43.9 Å². The van der Waals surface area contributed by atoms with Crippen molar-refractivity contribution < 1.29 is 10.2 Å². The summed E-state index contributed by atoms with van der Waals surface area (Å²) in [5.41, 5.74) is -0.445. The van der Waals surface area contributed by atoms with Gasteiger partial charge in [0, 0.05) is 13.7 Å². The molecule has 0 saturated heterocycles. The first-order valence-electron chi connectivity index (χ1n) is 4.40. The van der Waals surface area contributed by atoms with E-state index in [1.807, 2.05) is 0 Å². The molecule has 0 bridgehead atoms. The van der Waals surface area contributed by atoms with Gasteiger partial charge in [-0.25, -0.2) is 9.78 Å². The molecule has 0 spiro atoms. The molecular weight excluding hydrogens is 216 g/mol. The van der Waals surface area contributed by atoms with Gasteiger partial charge in [0.2, 0.25) is 0 Å². The topological polar surface area (TPSA) is 135 Å². The summed E-state index contributed by atoms with van der Waals surface area (Å²) in [7, 11) is 1.00. The van der Waals surface area contributed by atoms with Crippen LogP contribution in [0.4, 0.5) is 0 Å². The van der Waals surface area contributed by atoms with E-state index in [1.165, 1.54) is 6.33 Å². The molecule has 0 saturated carbocycles. The minimum absolute atomic E-state index is 0.250. The second-order valence-corrected chi connectivity index (χ2v) is 2.35. The summed E-state index contributed by atoms with van der Waals surface area (Å²) in [5, 5.41) is 14.6. The lowest BCUT2D eigenvalue weighted by molar-refractivity contribution is 0.318. The van der Waals surface area contributed by atoms with Crippen LogP contribution in [0.3, 0.4) is 0 Å². The van der Waals surface area contributed by atoms with E-state index in [0.29, 0.717) is 0 Å². The Bertz CT molecular complexity index is 512. The fourth-order valence-corrected chi connectivity index (χ4v) is 0.867. The Morgan fingerprint density at radius 1 is 1.31 bits per heavy atom. The minimum atomic E-state index is -0.547. The van der Waals surface area contributed by atoms with E-state index in [9.17, 15) is 9.59 Å². The molecule has 0 radical (unpaired) electrons. The Morgan fingerprint density at radius 2 is 1.88 bits per heavy atom. The summed E-state index contributed by atoms with van der Waals surface area (Å²) in [6.45, 7) is 1.93. The Hall–Kier alpha value is -1.93. The van der Waals surface area contributed by atoms with E-state index >= 15 is 0 Å². The number of hydrogen-bond donors (Lipinski definition) is 5. The molecule has 0 aromatic carbocycles. The van der Waals surface area contributed by atoms with Crippen molar-refractivity contribution in [3.05, 3.63) is 27.2 Å². The van der Waals surface area contributed by atoms with Gasteiger partial charge in [0.1, 0.15) is 5.52 Å². The van der Waals surface area contributed by atoms with Crippen molar-refractivity contribution in [2.75, 3.05) is 13.7 Å². The molecule has 2 aromatic heterocycles. The molecule has 0 amide bonds. The van der Waals surface area contributed by atoms with Gasteiger partial charge in [-0.05, 0) is 6.92 Å². The molecule has 5 N–H and O–H groups in total. The average molecular weight is 230 g/mol. The number of aromatic nitrogens is 4. The van der Waals surface area contributed by atoms with Crippen LogP contribution in [0, 0.1) is 0 Å². The molecule has 0 unspecified atom stereocenters. The van der Waals surface area contributed by atoms with E-state index in [0.717, 1.165) is 7.11 Å². The van der Waals surface area contributed by atoms with Gasteiger partial charge in [-0.1, -0.05) is 0 Å². The van der Waals surface area contributed by atoms with Crippen LogP contribution < -0.4 is 11.2 Å². The van der Waals surface area contributed by atoms with Gasteiger partial charge in [-0.15, -0.1) is 0 Å². The van der Waals surface area contributed by atoms with Gasteiger partial charge < -0.3 is 15.2 Å². The predicted octanol–water partition coefficient (Wildman–Crippen LogP) is -1.45. The SMILES string of the molecule is CCO.CO.O=c1[nH]c(=O)c2[nH]cnc2[nH]1. The summed E-state index contributed by atoms with van der Waals surface area (Å²) in [6, 6.07) is 0. The zero-order valence-electron chi connectivity index (χ0n) is 8.94. The largest absolute Gasteiger partial charge is 0.400 e. The zero-order valence-corrected chi connectivity index (χ0v) is 8.94. The number of imidazole rings is 1. The molecule has 2 heterocycles. The van der Waals surface area contributed by atoms with Crippen LogP contribution >= 0.6 is 0 Å². The number of nitrogens with zero attached hydrogens (tertiary/aromatic N) is 1. The molecule has 0 aliphatic rings. The smallest absolute Gasteiger partial charge is 0.327 e. The molecule has 2 aromatic rings. The predicted molar refractivity (Wildman–Crippen MR) is 58.2 cm³/mol. The van der Waals surface area contributed by atoms with E-state index in [-0.39, 0.29) is 17.8 Å². The van der Waals surface area contributed by atoms with Crippen LogP contribution in [0.5, 0.6) is 0 Å². The quantitative estimate of drug-likeness (QED) is 0.377. The highest BCUT2D eigenvalue weighted by Gasteiger charge is 1.99. The molecule has 2 rings (SSSR count). The van der Waals surface area contributed by atoms with Crippen molar-refractivity contribution in [2.45, 2.75) is 6.92 Å². The zero-order chi connectivity index (χ0) is 12.6. The standard InChI is InChI=1S/C5H4N4O2.C2H6O.CH4O/c10-4-2-3(7-1-6-2)8-5(11)9-4;1-2-3;1-2/h1H,(H3,6,7,8,9,10,11);3H,2H2,1H3;2H,1H3. The molecule has 8 nitrogen and oxygen atoms in total. The normalized spacial score (nSPS) is 8.75. The van der Waals surface area contributed by atoms with Crippen LogP contribution in [0.2, 0.25) is 0 Å². The molecule has 8 heteroatoms. The van der Waals surface area contributed by atoms with Crippen LogP contribution in [0.15, 0.2) is 15.9 Å². The maximum atomic E-state index is 10.9. The van der Waals surface area contributed by atoms with Gasteiger partial charge in [-0.3, -0.25) is 14.8 Å². The summed E-state index contributed by atoms with van der Waals surface area (Å²) in [4.78, 5) is 32.3. The number of hydrogen-bond acceptors (Lipinski definition) is 5. The van der Waals surface area contributed by atoms with Crippen molar-refractivity contribution in [1.82, 2.24) is 19.9 Å². The fraction of sp³-hybridized carbons (Fsp3) is 0.375. The van der Waals surface area contributed by atoms with Gasteiger partial charge in [0.25, 0.3) is 5.56 Å². The highest BCUT2D eigenvalue weighted by molar-refractivity contribution is 5.67. The number of H-pyrrole nitrogens is 3. The molecule has 16 heavy (non-hydrogen) atoms. The summed E-state index contributed by atoms with van der Waals surface area (Å²) in [6.07, 6.45) is 1.34. The molecule has 0 fully saturated rings. The third-order valence-corrected chi connectivity index (χ3v) is 1.33. The van der Waals surface area contributed by atoms with Gasteiger partial charge >= 0.3 is 5.69 Å². The lowest BCUT2D eigenvalue weighted by Crippen LogP contribution is -2.21. The van der Waals surface area contributed by atoms with Crippen molar-refractivity contribution in [2.24, 2.45) is 0 Å². The number of aliphatic hydroxyl groups is 2. The molecule has 90 valence electrons. The Labute approximate surface area is 90.0 Å².